The molecule has 0 heterocycles. The van der Waals surface area contributed by atoms with Gasteiger partial charge in [-0.3, -0.25) is 4.79 Å². The summed E-state index contributed by atoms with van der Waals surface area (Å²) in [7, 11) is 0. The minimum Gasteiger partial charge on any atom is -0.488 e. The smallest absolute Gasteiger partial charge is 0.283 e. The summed E-state index contributed by atoms with van der Waals surface area (Å²) in [5.41, 5.74) is 6.04. The highest BCUT2D eigenvalue weighted by Gasteiger charge is 2.04. The zero-order valence-electron chi connectivity index (χ0n) is 8.07. The molecule has 0 aliphatic rings. The van der Waals surface area contributed by atoms with Gasteiger partial charge in [-0.25, -0.2) is 0 Å². The van der Waals surface area contributed by atoms with Gasteiger partial charge in [0.1, 0.15) is 0 Å². The molecule has 0 bridgehead atoms. The molecular weight excluding hydrogens is 178 g/mol. The summed E-state index contributed by atoms with van der Waals surface area (Å²) in [4.78, 5) is 10.9. The van der Waals surface area contributed by atoms with Crippen LogP contribution in [0.2, 0.25) is 0 Å². The Hall–Kier alpha value is -1.77. The van der Waals surface area contributed by atoms with Gasteiger partial charge in [0.25, 0.3) is 5.91 Å². The first-order valence-electron chi connectivity index (χ1n) is 4.43. The van der Waals surface area contributed by atoms with E-state index in [1.54, 1.807) is 6.08 Å². The number of nitrogens with two attached hydrogens (primary N) is 1. The first kappa shape index (κ1) is 10.3. The van der Waals surface area contributed by atoms with E-state index in [9.17, 15) is 4.79 Å². The van der Waals surface area contributed by atoms with Crippen molar-refractivity contribution in [2.75, 3.05) is 6.61 Å². The second-order valence-corrected chi connectivity index (χ2v) is 2.72. The summed E-state index contributed by atoms with van der Waals surface area (Å²) < 4.78 is 5.09. The number of carbonyl (C=O) groups is 1. The topological polar surface area (TPSA) is 52.3 Å². The lowest BCUT2D eigenvalue weighted by Gasteiger charge is -2.03. The molecule has 0 atom stereocenters. The minimum atomic E-state index is -0.546. The molecule has 0 unspecified atom stereocenters. The Morgan fingerprint density at radius 1 is 1.43 bits per heavy atom. The van der Waals surface area contributed by atoms with Crippen molar-refractivity contribution < 1.29 is 9.53 Å². The number of ether oxygens (including phenoxy) is 1. The van der Waals surface area contributed by atoms with E-state index in [0.29, 0.717) is 6.61 Å². The number of primary amides is 1. The van der Waals surface area contributed by atoms with E-state index in [1.807, 2.05) is 37.3 Å². The van der Waals surface area contributed by atoms with Crippen LogP contribution >= 0.6 is 0 Å². The zero-order chi connectivity index (χ0) is 10.4. The molecule has 0 aromatic heterocycles. The molecule has 1 aromatic rings. The molecule has 0 spiro atoms. The van der Waals surface area contributed by atoms with Crippen LogP contribution in [-0.2, 0) is 9.53 Å². The lowest BCUT2D eigenvalue weighted by Crippen LogP contribution is -2.16. The van der Waals surface area contributed by atoms with Crippen molar-refractivity contribution in [3.05, 3.63) is 41.7 Å². The fraction of sp³-hybridized carbons (Fsp3) is 0.182. The Bertz CT molecular complexity index is 330. The Morgan fingerprint density at radius 2 is 2.07 bits per heavy atom. The summed E-state index contributed by atoms with van der Waals surface area (Å²) in [6, 6.07) is 9.43. The van der Waals surface area contributed by atoms with Gasteiger partial charge in [-0.15, -0.1) is 0 Å². The van der Waals surface area contributed by atoms with Crippen molar-refractivity contribution in [1.29, 1.82) is 0 Å². The van der Waals surface area contributed by atoms with E-state index >= 15 is 0 Å². The summed E-state index contributed by atoms with van der Waals surface area (Å²) >= 11 is 0. The Labute approximate surface area is 83.2 Å². The summed E-state index contributed by atoms with van der Waals surface area (Å²) in [6.07, 6.45) is 1.63. The van der Waals surface area contributed by atoms with E-state index in [1.165, 1.54) is 0 Å². The van der Waals surface area contributed by atoms with Gasteiger partial charge in [0.05, 0.1) is 6.61 Å². The third kappa shape index (κ3) is 2.94. The summed E-state index contributed by atoms with van der Waals surface area (Å²) in [5, 5.41) is 0. The highest BCUT2D eigenvalue weighted by atomic mass is 16.5. The van der Waals surface area contributed by atoms with Crippen molar-refractivity contribution >= 4 is 12.0 Å². The molecule has 1 aromatic carbocycles. The van der Waals surface area contributed by atoms with Gasteiger partial charge in [-0.1, -0.05) is 30.3 Å². The number of rotatable bonds is 4. The van der Waals surface area contributed by atoms with Crippen LogP contribution in [0.15, 0.2) is 36.1 Å². The molecule has 0 aliphatic carbocycles. The van der Waals surface area contributed by atoms with E-state index in [-0.39, 0.29) is 5.76 Å². The number of hydrogen-bond donors (Lipinski definition) is 1. The highest BCUT2D eigenvalue weighted by Crippen LogP contribution is 2.07. The molecule has 0 saturated heterocycles. The van der Waals surface area contributed by atoms with Crippen LogP contribution in [0.3, 0.4) is 0 Å². The van der Waals surface area contributed by atoms with Crippen molar-refractivity contribution in [1.82, 2.24) is 0 Å². The number of hydrogen-bond acceptors (Lipinski definition) is 2. The molecular formula is C11H13NO2. The molecule has 3 heteroatoms. The van der Waals surface area contributed by atoms with Crippen LogP contribution in [0, 0.1) is 0 Å². The molecule has 1 amide bonds. The van der Waals surface area contributed by atoms with Crippen molar-refractivity contribution in [3.8, 4) is 0 Å². The minimum absolute atomic E-state index is 0.193. The first-order valence-corrected chi connectivity index (χ1v) is 4.43. The Kier molecular flexibility index (Phi) is 3.73. The SMILES string of the molecule is CCO/C(=C\c1ccccc1)C(N)=O. The summed E-state index contributed by atoms with van der Waals surface area (Å²) in [6.45, 7) is 2.24. The molecule has 0 radical (unpaired) electrons. The molecule has 0 fully saturated rings. The van der Waals surface area contributed by atoms with E-state index < -0.39 is 5.91 Å². The molecule has 74 valence electrons. The number of benzene rings is 1. The van der Waals surface area contributed by atoms with Gasteiger partial charge in [0.2, 0.25) is 0 Å². The van der Waals surface area contributed by atoms with Crippen molar-refractivity contribution in [2.45, 2.75) is 6.92 Å². The van der Waals surface area contributed by atoms with Crippen molar-refractivity contribution in [3.63, 3.8) is 0 Å². The fourth-order valence-corrected chi connectivity index (χ4v) is 1.04. The van der Waals surface area contributed by atoms with Crippen LogP contribution in [0.5, 0.6) is 0 Å². The predicted octanol–water partition coefficient (Wildman–Crippen LogP) is 1.55. The maximum absolute atomic E-state index is 10.9. The van der Waals surface area contributed by atoms with Crippen molar-refractivity contribution in [2.24, 2.45) is 5.73 Å². The largest absolute Gasteiger partial charge is 0.488 e. The number of carbonyl (C=O) groups excluding carboxylic acids is 1. The number of amides is 1. The van der Waals surface area contributed by atoms with Crippen LogP contribution in [0.1, 0.15) is 12.5 Å². The standard InChI is InChI=1S/C11H13NO2/c1-2-14-10(11(12)13)8-9-6-4-3-5-7-9/h3-8H,2H2,1H3,(H2,12,13)/b10-8-. The van der Waals surface area contributed by atoms with Crippen LogP contribution in [0.4, 0.5) is 0 Å². The molecule has 1 rings (SSSR count). The highest BCUT2D eigenvalue weighted by molar-refractivity contribution is 5.94. The van der Waals surface area contributed by atoms with Crippen LogP contribution in [0.25, 0.3) is 6.08 Å². The lowest BCUT2D eigenvalue weighted by atomic mass is 10.2. The fourth-order valence-electron chi connectivity index (χ4n) is 1.04. The molecule has 14 heavy (non-hydrogen) atoms. The van der Waals surface area contributed by atoms with E-state index in [4.69, 9.17) is 10.5 Å². The van der Waals surface area contributed by atoms with E-state index in [2.05, 4.69) is 0 Å². The quantitative estimate of drug-likeness (QED) is 0.580. The maximum atomic E-state index is 10.9. The lowest BCUT2D eigenvalue weighted by molar-refractivity contribution is -0.117. The van der Waals surface area contributed by atoms with Gasteiger partial charge in [-0.2, -0.15) is 0 Å². The molecule has 2 N–H and O–H groups in total. The molecule has 0 saturated carbocycles. The van der Waals surface area contributed by atoms with Crippen LogP contribution in [-0.4, -0.2) is 12.5 Å². The van der Waals surface area contributed by atoms with Gasteiger partial charge in [0.15, 0.2) is 5.76 Å². The first-order chi connectivity index (χ1) is 6.74. The summed E-state index contributed by atoms with van der Waals surface area (Å²) in [5.74, 6) is -0.352. The Morgan fingerprint density at radius 3 is 2.57 bits per heavy atom. The van der Waals surface area contributed by atoms with E-state index in [0.717, 1.165) is 5.56 Å². The molecule has 0 aliphatic heterocycles. The van der Waals surface area contributed by atoms with Gasteiger partial charge < -0.3 is 10.5 Å². The second kappa shape index (κ2) is 5.07. The van der Waals surface area contributed by atoms with Gasteiger partial charge in [-0.05, 0) is 18.6 Å². The Balaban J connectivity index is 2.88. The maximum Gasteiger partial charge on any atom is 0.283 e. The predicted molar refractivity (Wildman–Crippen MR) is 55.2 cm³/mol. The average Bonchev–Trinajstić information content (AvgIpc) is 2.18. The average molecular weight is 191 g/mol. The third-order valence-electron chi connectivity index (χ3n) is 1.64. The normalized spacial score (nSPS) is 11.1. The van der Waals surface area contributed by atoms with Crippen LogP contribution < -0.4 is 5.73 Å². The monoisotopic (exact) mass is 191 g/mol. The molecule has 3 nitrogen and oxygen atoms in total. The second-order valence-electron chi connectivity index (χ2n) is 2.72. The van der Waals surface area contributed by atoms with Gasteiger partial charge >= 0.3 is 0 Å². The zero-order valence-corrected chi connectivity index (χ0v) is 8.07. The third-order valence-corrected chi connectivity index (χ3v) is 1.64. The van der Waals surface area contributed by atoms with Gasteiger partial charge in [0, 0.05) is 0 Å².